The number of aromatic amines is 1. The number of anilines is 1. The van der Waals surface area contributed by atoms with Gasteiger partial charge in [0.05, 0.1) is 0 Å². The lowest BCUT2D eigenvalue weighted by atomic mass is 10.1. The SMILES string of the molecule is O=C(Nc1n[nH]c2c1CNCC2)OCc1ccccc1. The number of nitrogens with zero attached hydrogens (tertiary/aromatic N) is 1. The van der Waals surface area contributed by atoms with Gasteiger partial charge in [-0.25, -0.2) is 4.79 Å². The molecule has 0 unspecified atom stereocenters. The minimum Gasteiger partial charge on any atom is -0.444 e. The predicted octanol–water partition coefficient (Wildman–Crippen LogP) is 1.80. The van der Waals surface area contributed by atoms with Crippen LogP contribution in [0.4, 0.5) is 10.6 Å². The molecular weight excluding hydrogens is 256 g/mol. The number of carbonyl (C=O) groups is 1. The van der Waals surface area contributed by atoms with E-state index in [0.717, 1.165) is 29.8 Å². The maximum absolute atomic E-state index is 11.8. The third-order valence-electron chi connectivity index (χ3n) is 3.24. The molecule has 2 aromatic rings. The van der Waals surface area contributed by atoms with Crippen molar-refractivity contribution < 1.29 is 9.53 Å². The summed E-state index contributed by atoms with van der Waals surface area (Å²) in [4.78, 5) is 11.8. The maximum atomic E-state index is 11.8. The number of ether oxygens (including phenoxy) is 1. The van der Waals surface area contributed by atoms with Crippen molar-refractivity contribution in [2.75, 3.05) is 11.9 Å². The van der Waals surface area contributed by atoms with Gasteiger partial charge in [-0.2, -0.15) is 5.10 Å². The van der Waals surface area contributed by atoms with Gasteiger partial charge in [-0.1, -0.05) is 30.3 Å². The summed E-state index contributed by atoms with van der Waals surface area (Å²) >= 11 is 0. The second-order valence-electron chi connectivity index (χ2n) is 4.64. The summed E-state index contributed by atoms with van der Waals surface area (Å²) in [6.45, 7) is 1.88. The summed E-state index contributed by atoms with van der Waals surface area (Å²) in [6.07, 6.45) is 0.400. The van der Waals surface area contributed by atoms with Crippen molar-refractivity contribution >= 4 is 11.9 Å². The van der Waals surface area contributed by atoms with Crippen molar-refractivity contribution in [2.45, 2.75) is 19.6 Å². The average molecular weight is 272 g/mol. The minimum absolute atomic E-state index is 0.248. The second kappa shape index (κ2) is 5.75. The summed E-state index contributed by atoms with van der Waals surface area (Å²) in [5.74, 6) is 0.547. The standard InChI is InChI=1S/C14H16N4O2/c19-14(20-9-10-4-2-1-3-5-10)16-13-11-8-15-7-6-12(11)17-18-13/h1-5,15H,6-9H2,(H2,16,17,18,19). The fourth-order valence-corrected chi connectivity index (χ4v) is 2.18. The highest BCUT2D eigenvalue weighted by Gasteiger charge is 2.18. The molecule has 1 aliphatic rings. The molecule has 3 N–H and O–H groups in total. The van der Waals surface area contributed by atoms with Crippen molar-refractivity contribution in [1.82, 2.24) is 15.5 Å². The Bertz CT molecular complexity index is 594. The van der Waals surface area contributed by atoms with E-state index in [4.69, 9.17) is 4.74 Å². The number of fused-ring (bicyclic) bond motifs is 1. The molecule has 0 atom stereocenters. The Morgan fingerprint density at radius 1 is 1.35 bits per heavy atom. The molecule has 104 valence electrons. The zero-order valence-electron chi connectivity index (χ0n) is 11.0. The van der Waals surface area contributed by atoms with E-state index in [-0.39, 0.29) is 6.61 Å². The van der Waals surface area contributed by atoms with Crippen LogP contribution in [0.2, 0.25) is 0 Å². The zero-order chi connectivity index (χ0) is 13.8. The van der Waals surface area contributed by atoms with Crippen LogP contribution in [0.3, 0.4) is 0 Å². The molecule has 1 amide bonds. The van der Waals surface area contributed by atoms with Gasteiger partial charge in [0.1, 0.15) is 6.61 Å². The van der Waals surface area contributed by atoms with E-state index >= 15 is 0 Å². The number of amides is 1. The first kappa shape index (κ1) is 12.7. The summed E-state index contributed by atoms with van der Waals surface area (Å²) < 4.78 is 5.17. The fraction of sp³-hybridized carbons (Fsp3) is 0.286. The largest absolute Gasteiger partial charge is 0.444 e. The van der Waals surface area contributed by atoms with E-state index in [1.807, 2.05) is 30.3 Å². The highest BCUT2D eigenvalue weighted by atomic mass is 16.5. The third kappa shape index (κ3) is 2.80. The first-order valence-electron chi connectivity index (χ1n) is 6.57. The molecule has 0 saturated heterocycles. The quantitative estimate of drug-likeness (QED) is 0.796. The second-order valence-corrected chi connectivity index (χ2v) is 4.64. The van der Waals surface area contributed by atoms with Gasteiger partial charge in [0, 0.05) is 30.8 Å². The molecule has 0 bridgehead atoms. The lowest BCUT2D eigenvalue weighted by Gasteiger charge is -2.13. The maximum Gasteiger partial charge on any atom is 0.413 e. The Hall–Kier alpha value is -2.34. The van der Waals surface area contributed by atoms with Crippen molar-refractivity contribution in [3.63, 3.8) is 0 Å². The number of hydrogen-bond acceptors (Lipinski definition) is 4. The number of hydrogen-bond donors (Lipinski definition) is 3. The molecule has 0 radical (unpaired) electrons. The first-order chi connectivity index (χ1) is 9.83. The van der Waals surface area contributed by atoms with E-state index in [2.05, 4.69) is 20.8 Å². The molecule has 1 aromatic heterocycles. The number of rotatable bonds is 3. The van der Waals surface area contributed by atoms with Crippen molar-refractivity contribution in [3.05, 3.63) is 47.2 Å². The molecule has 6 heteroatoms. The van der Waals surface area contributed by atoms with Crippen molar-refractivity contribution in [1.29, 1.82) is 0 Å². The van der Waals surface area contributed by atoms with E-state index in [0.29, 0.717) is 12.4 Å². The zero-order valence-corrected chi connectivity index (χ0v) is 11.0. The van der Waals surface area contributed by atoms with Gasteiger partial charge in [0.15, 0.2) is 5.82 Å². The normalized spacial score (nSPS) is 13.6. The van der Waals surface area contributed by atoms with Gasteiger partial charge in [0.25, 0.3) is 0 Å². The van der Waals surface area contributed by atoms with Gasteiger partial charge in [0.2, 0.25) is 0 Å². The molecule has 6 nitrogen and oxygen atoms in total. The molecule has 1 aromatic carbocycles. The Balaban J connectivity index is 1.58. The number of benzene rings is 1. The number of H-pyrrole nitrogens is 1. The topological polar surface area (TPSA) is 79.0 Å². The summed E-state index contributed by atoms with van der Waals surface area (Å²) in [7, 11) is 0. The highest BCUT2D eigenvalue weighted by Crippen LogP contribution is 2.19. The summed E-state index contributed by atoms with van der Waals surface area (Å²) in [5.41, 5.74) is 3.03. The molecule has 0 aliphatic carbocycles. The Morgan fingerprint density at radius 2 is 2.20 bits per heavy atom. The van der Waals surface area contributed by atoms with Crippen molar-refractivity contribution in [2.24, 2.45) is 0 Å². The minimum atomic E-state index is -0.492. The van der Waals surface area contributed by atoms with Gasteiger partial charge >= 0.3 is 6.09 Å². The predicted molar refractivity (Wildman–Crippen MR) is 74.2 cm³/mol. The number of aromatic nitrogens is 2. The monoisotopic (exact) mass is 272 g/mol. The van der Waals surface area contributed by atoms with Crippen LogP contribution in [0.5, 0.6) is 0 Å². The van der Waals surface area contributed by atoms with Gasteiger partial charge in [-0.3, -0.25) is 10.4 Å². The smallest absolute Gasteiger partial charge is 0.413 e. The van der Waals surface area contributed by atoms with Crippen molar-refractivity contribution in [3.8, 4) is 0 Å². The number of nitrogens with one attached hydrogen (secondary N) is 3. The average Bonchev–Trinajstić information content (AvgIpc) is 2.90. The van der Waals surface area contributed by atoms with E-state index in [1.165, 1.54) is 0 Å². The highest BCUT2D eigenvalue weighted by molar-refractivity contribution is 5.84. The molecular formula is C14H16N4O2. The Labute approximate surface area is 116 Å². The fourth-order valence-electron chi connectivity index (χ4n) is 2.18. The third-order valence-corrected chi connectivity index (χ3v) is 3.24. The van der Waals surface area contributed by atoms with Crippen LogP contribution in [0.15, 0.2) is 30.3 Å². The first-order valence-corrected chi connectivity index (χ1v) is 6.57. The molecule has 20 heavy (non-hydrogen) atoms. The van der Waals surface area contributed by atoms with Crippen LogP contribution in [0.1, 0.15) is 16.8 Å². The molecule has 3 rings (SSSR count). The number of carbonyl (C=O) groups excluding carboxylic acids is 1. The molecule has 0 spiro atoms. The molecule has 1 aliphatic heterocycles. The van der Waals surface area contributed by atoms with Crippen LogP contribution in [-0.2, 0) is 24.3 Å². The molecule has 0 saturated carbocycles. The lowest BCUT2D eigenvalue weighted by molar-refractivity contribution is 0.155. The molecule has 0 fully saturated rings. The van der Waals surface area contributed by atoms with Crippen LogP contribution in [0, 0.1) is 0 Å². The van der Waals surface area contributed by atoms with Gasteiger partial charge in [-0.05, 0) is 5.56 Å². The van der Waals surface area contributed by atoms with Gasteiger partial charge < -0.3 is 10.1 Å². The summed E-state index contributed by atoms with van der Waals surface area (Å²) in [6, 6.07) is 9.56. The Kier molecular flexibility index (Phi) is 3.64. The van der Waals surface area contributed by atoms with Gasteiger partial charge in [-0.15, -0.1) is 0 Å². The summed E-state index contributed by atoms with van der Waals surface area (Å²) in [5, 5.41) is 13.0. The molecule has 2 heterocycles. The van der Waals surface area contributed by atoms with Crippen LogP contribution in [0.25, 0.3) is 0 Å². The van der Waals surface area contributed by atoms with Crippen LogP contribution >= 0.6 is 0 Å². The Morgan fingerprint density at radius 3 is 3.05 bits per heavy atom. The van der Waals surface area contributed by atoms with E-state index < -0.39 is 6.09 Å². The van der Waals surface area contributed by atoms with E-state index in [9.17, 15) is 4.79 Å². The van der Waals surface area contributed by atoms with E-state index in [1.54, 1.807) is 0 Å². The van der Waals surface area contributed by atoms with Crippen LogP contribution < -0.4 is 10.6 Å². The lowest BCUT2D eigenvalue weighted by Crippen LogP contribution is -2.24. The van der Waals surface area contributed by atoms with Crippen LogP contribution in [-0.4, -0.2) is 22.8 Å².